The Morgan fingerprint density at radius 1 is 1.35 bits per heavy atom. The smallest absolute Gasteiger partial charge is 0.420 e. The molecule has 0 aliphatic heterocycles. The molecule has 1 aromatic heterocycles. The number of rotatable bonds is 6. The van der Waals surface area contributed by atoms with Crippen LogP contribution in [-0.2, 0) is 16.9 Å². The Bertz CT molecular complexity index is 845. The molecule has 1 heterocycles. The maximum atomic E-state index is 12.7. The summed E-state index contributed by atoms with van der Waals surface area (Å²) in [4.78, 5) is 25.2. The van der Waals surface area contributed by atoms with Gasteiger partial charge in [0.25, 0.3) is 0 Å². The van der Waals surface area contributed by atoms with Crippen molar-refractivity contribution < 1.29 is 32.3 Å². The predicted molar refractivity (Wildman–Crippen MR) is 88.7 cm³/mol. The van der Waals surface area contributed by atoms with E-state index in [0.717, 1.165) is 0 Å². The lowest BCUT2D eigenvalue weighted by Gasteiger charge is -2.14. The number of hydrogen-bond acceptors (Lipinski definition) is 5. The Labute approximate surface area is 151 Å². The van der Waals surface area contributed by atoms with Gasteiger partial charge in [-0.3, -0.25) is 4.57 Å². The first-order valence-corrected chi connectivity index (χ1v) is 9.34. The summed E-state index contributed by atoms with van der Waals surface area (Å²) in [6, 6.07) is 4.30. The van der Waals surface area contributed by atoms with Crippen LogP contribution in [0.5, 0.6) is 5.75 Å². The highest BCUT2D eigenvalue weighted by Crippen LogP contribution is 2.41. The molecule has 3 N–H and O–H groups in total. The molecule has 0 fully saturated rings. The molecule has 0 atom stereocenters. The number of nitrogens with one attached hydrogen (secondary N) is 1. The van der Waals surface area contributed by atoms with E-state index >= 15 is 0 Å². The fourth-order valence-corrected chi connectivity index (χ4v) is 2.92. The second-order valence-electron chi connectivity index (χ2n) is 5.11. The summed E-state index contributed by atoms with van der Waals surface area (Å²) in [6.45, 7) is 1.95. The lowest BCUT2D eigenvalue weighted by Crippen LogP contribution is -2.09. The van der Waals surface area contributed by atoms with Gasteiger partial charge in [0.2, 0.25) is 5.95 Å². The van der Waals surface area contributed by atoms with E-state index < -0.39 is 30.7 Å². The molecule has 2 aromatic rings. The Hall–Kier alpha value is -1.87. The fraction of sp³-hybridized carbons (Fsp3) is 0.286. The number of alkyl halides is 3. The second kappa shape index (κ2) is 7.79. The predicted octanol–water partition coefficient (Wildman–Crippen LogP) is 3.97. The third-order valence-corrected chi connectivity index (χ3v) is 4.09. The molecule has 12 heteroatoms. The van der Waals surface area contributed by atoms with Gasteiger partial charge in [-0.2, -0.15) is 13.2 Å². The molecule has 0 bridgehead atoms. The average molecular weight is 412 g/mol. The van der Waals surface area contributed by atoms with Crippen LogP contribution in [-0.4, -0.2) is 26.4 Å². The van der Waals surface area contributed by atoms with E-state index in [0.29, 0.717) is 17.4 Å². The highest BCUT2D eigenvalue weighted by Gasteiger charge is 2.34. The van der Waals surface area contributed by atoms with Gasteiger partial charge in [-0.05, 0) is 24.6 Å². The van der Waals surface area contributed by atoms with Gasteiger partial charge in [-0.15, -0.1) is 0 Å². The van der Waals surface area contributed by atoms with Crippen LogP contribution in [0, 0.1) is 0 Å². The number of hydrogen-bond donors (Lipinski definition) is 3. The number of benzene rings is 1. The highest BCUT2D eigenvalue weighted by atomic mass is 35.5. The van der Waals surface area contributed by atoms with Crippen molar-refractivity contribution in [3.8, 4) is 5.75 Å². The zero-order valence-corrected chi connectivity index (χ0v) is 14.9. The molecule has 0 spiro atoms. The van der Waals surface area contributed by atoms with Crippen LogP contribution in [0.25, 0.3) is 0 Å². The van der Waals surface area contributed by atoms with E-state index in [4.69, 9.17) is 26.1 Å². The summed E-state index contributed by atoms with van der Waals surface area (Å²) in [6.07, 6.45) is -4.59. The third-order valence-electron chi connectivity index (χ3n) is 3.03. The van der Waals surface area contributed by atoms with Crippen molar-refractivity contribution >= 4 is 30.8 Å². The Kier molecular flexibility index (Phi) is 6.13. The molecule has 26 heavy (non-hydrogen) atoms. The molecule has 142 valence electrons. The van der Waals surface area contributed by atoms with Crippen molar-refractivity contribution in [3.63, 3.8) is 0 Å². The Morgan fingerprint density at radius 3 is 2.58 bits per heavy atom. The zero-order chi connectivity index (χ0) is 19.5. The van der Waals surface area contributed by atoms with Crippen LogP contribution >= 0.6 is 19.2 Å². The van der Waals surface area contributed by atoms with E-state index in [-0.39, 0.29) is 18.3 Å². The number of nitrogens with zero attached hydrogens (tertiary/aromatic N) is 2. The van der Waals surface area contributed by atoms with Gasteiger partial charge in [-0.1, -0.05) is 17.7 Å². The minimum atomic E-state index is -4.67. The van der Waals surface area contributed by atoms with Crippen molar-refractivity contribution in [3.05, 3.63) is 40.7 Å². The van der Waals surface area contributed by atoms with Crippen LogP contribution in [0.3, 0.4) is 0 Å². The molecule has 0 aliphatic rings. The number of aromatic nitrogens is 2. The second-order valence-corrected chi connectivity index (χ2v) is 7.11. The van der Waals surface area contributed by atoms with Crippen LogP contribution in [0.4, 0.5) is 24.8 Å². The molecular formula is C14H14ClF3N3O4P. The number of anilines is 2. The van der Waals surface area contributed by atoms with Crippen LogP contribution in [0.1, 0.15) is 18.1 Å². The largest absolute Gasteiger partial charge is 0.492 e. The average Bonchev–Trinajstić information content (AvgIpc) is 2.47. The maximum Gasteiger partial charge on any atom is 0.420 e. The molecule has 0 radical (unpaired) electrons. The van der Waals surface area contributed by atoms with Crippen molar-refractivity contribution in [2.75, 3.05) is 11.9 Å². The molecule has 0 aliphatic carbocycles. The molecule has 0 saturated heterocycles. The molecule has 1 aromatic carbocycles. The Balaban J connectivity index is 2.31. The number of ether oxygens (including phenoxy) is 1. The minimum absolute atomic E-state index is 0.188. The van der Waals surface area contributed by atoms with Gasteiger partial charge >= 0.3 is 13.8 Å². The highest BCUT2D eigenvalue weighted by molar-refractivity contribution is 7.50. The topological polar surface area (TPSA) is 105 Å². The van der Waals surface area contributed by atoms with Crippen molar-refractivity contribution in [1.82, 2.24) is 9.97 Å². The molecular weight excluding hydrogens is 398 g/mol. The summed E-state index contributed by atoms with van der Waals surface area (Å²) in [5, 5.41) is 1.92. The van der Waals surface area contributed by atoms with E-state index in [1.807, 2.05) is 0 Å². The molecule has 0 saturated carbocycles. The van der Waals surface area contributed by atoms with E-state index in [9.17, 15) is 17.7 Å². The van der Waals surface area contributed by atoms with E-state index in [1.54, 1.807) is 6.92 Å². The summed E-state index contributed by atoms with van der Waals surface area (Å²) < 4.78 is 54.5. The summed E-state index contributed by atoms with van der Waals surface area (Å²) in [5.41, 5.74) is -0.525. The lowest BCUT2D eigenvalue weighted by molar-refractivity contribution is -0.137. The first-order valence-electron chi connectivity index (χ1n) is 7.16. The summed E-state index contributed by atoms with van der Waals surface area (Å²) >= 11 is 5.55. The monoisotopic (exact) mass is 411 g/mol. The molecule has 0 amide bonds. The SMILES string of the molecule is CCOc1cc(CP(=O)(O)O)ccc1Nc1ncc(C(F)(F)F)c(Cl)n1. The van der Waals surface area contributed by atoms with Gasteiger partial charge < -0.3 is 19.8 Å². The Morgan fingerprint density at radius 2 is 2.04 bits per heavy atom. The maximum absolute atomic E-state index is 12.7. The quantitative estimate of drug-likeness (QED) is 0.488. The van der Waals surface area contributed by atoms with Gasteiger partial charge in [0.05, 0.1) is 18.5 Å². The fourth-order valence-electron chi connectivity index (χ4n) is 2.01. The van der Waals surface area contributed by atoms with Crippen molar-refractivity contribution in [2.45, 2.75) is 19.3 Å². The van der Waals surface area contributed by atoms with E-state index in [2.05, 4.69) is 15.3 Å². The van der Waals surface area contributed by atoms with Gasteiger partial charge in [0.1, 0.15) is 16.5 Å². The first-order chi connectivity index (χ1) is 12.0. The van der Waals surface area contributed by atoms with Crippen LogP contribution < -0.4 is 10.1 Å². The standard InChI is InChI=1S/C14H14ClF3N3O4P/c1-2-25-11-5-8(7-26(22,23)24)3-4-10(11)20-13-19-6-9(12(15)21-13)14(16,17)18/h3-6H,2,7H2,1H3,(H,19,20,21)(H2,22,23,24). The van der Waals surface area contributed by atoms with Gasteiger partial charge in [-0.25, -0.2) is 9.97 Å². The normalized spacial score (nSPS) is 12.1. The first kappa shape index (κ1) is 20.4. The van der Waals surface area contributed by atoms with Crippen molar-refractivity contribution in [1.29, 1.82) is 0 Å². The van der Waals surface area contributed by atoms with Crippen LogP contribution in [0.2, 0.25) is 5.15 Å². The zero-order valence-electron chi connectivity index (χ0n) is 13.3. The summed E-state index contributed by atoms with van der Waals surface area (Å²) in [7, 11) is -4.26. The third kappa shape index (κ3) is 5.57. The number of halogens is 4. The van der Waals surface area contributed by atoms with Gasteiger partial charge in [0, 0.05) is 6.20 Å². The molecule has 2 rings (SSSR count). The molecule has 7 nitrogen and oxygen atoms in total. The minimum Gasteiger partial charge on any atom is -0.492 e. The summed E-state index contributed by atoms with van der Waals surface area (Å²) in [5.74, 6) is 0.0461. The lowest BCUT2D eigenvalue weighted by atomic mass is 10.2. The van der Waals surface area contributed by atoms with Crippen LogP contribution in [0.15, 0.2) is 24.4 Å². The van der Waals surface area contributed by atoms with E-state index in [1.165, 1.54) is 18.2 Å². The molecule has 0 unspecified atom stereocenters. The van der Waals surface area contributed by atoms with Crippen molar-refractivity contribution in [2.24, 2.45) is 0 Å². The van der Waals surface area contributed by atoms with Gasteiger partial charge in [0.15, 0.2) is 0 Å².